The highest BCUT2D eigenvalue weighted by atomic mass is 35.5. The molecule has 0 aromatic rings. The standard InChI is InChI=1S/C4Cl3F7/c5-1(6,3(7,10)11)2(8,9)4(12,13)14. The molecule has 86 valence electrons. The second-order valence-electron chi connectivity index (χ2n) is 2.14. The fraction of sp³-hybridized carbons (Fsp3) is 1.00. The van der Waals surface area contributed by atoms with Gasteiger partial charge in [-0.05, 0) is 11.6 Å². The van der Waals surface area contributed by atoms with E-state index in [4.69, 9.17) is 0 Å². The Kier molecular flexibility index (Phi) is 3.54. The van der Waals surface area contributed by atoms with Gasteiger partial charge in [0.05, 0.1) is 0 Å². The molecule has 0 atom stereocenters. The molecule has 0 aliphatic carbocycles. The first-order valence-corrected chi connectivity index (χ1v) is 3.77. The van der Waals surface area contributed by atoms with Gasteiger partial charge < -0.3 is 0 Å². The number of hydrogen-bond donors (Lipinski definition) is 0. The van der Waals surface area contributed by atoms with Gasteiger partial charge >= 0.3 is 17.5 Å². The molecule has 0 radical (unpaired) electrons. The first kappa shape index (κ1) is 14.4. The van der Waals surface area contributed by atoms with E-state index in [1.165, 1.54) is 0 Å². The maximum Gasteiger partial charge on any atom is 0.456 e. The molecule has 14 heavy (non-hydrogen) atoms. The maximum absolute atomic E-state index is 12.3. The molecule has 0 heterocycles. The van der Waals surface area contributed by atoms with Gasteiger partial charge in [-0.25, -0.2) is 0 Å². The monoisotopic (exact) mass is 286 g/mol. The lowest BCUT2D eigenvalue weighted by atomic mass is 10.2. The summed E-state index contributed by atoms with van der Waals surface area (Å²) in [5, 5.41) is -5.13. The summed E-state index contributed by atoms with van der Waals surface area (Å²) in [6.07, 6.45) is -6.32. The van der Waals surface area contributed by atoms with Crippen LogP contribution in [0.2, 0.25) is 0 Å². The van der Waals surface area contributed by atoms with Gasteiger partial charge in [0.2, 0.25) is 0 Å². The molecule has 0 bridgehead atoms. The molecule has 0 nitrogen and oxygen atoms in total. The Balaban J connectivity index is 5.30. The van der Waals surface area contributed by atoms with E-state index in [2.05, 4.69) is 34.8 Å². The van der Waals surface area contributed by atoms with E-state index >= 15 is 0 Å². The van der Waals surface area contributed by atoms with Crippen molar-refractivity contribution in [1.29, 1.82) is 0 Å². The van der Waals surface area contributed by atoms with Crippen LogP contribution in [0.3, 0.4) is 0 Å². The lowest BCUT2D eigenvalue weighted by Crippen LogP contribution is -2.57. The summed E-state index contributed by atoms with van der Waals surface area (Å²) in [4.78, 5) is 0. The second kappa shape index (κ2) is 3.45. The van der Waals surface area contributed by atoms with Crippen molar-refractivity contribution in [2.75, 3.05) is 0 Å². The molecule has 0 saturated heterocycles. The molecule has 0 spiro atoms. The van der Waals surface area contributed by atoms with Crippen LogP contribution in [0.25, 0.3) is 0 Å². The largest absolute Gasteiger partial charge is 0.456 e. The highest BCUT2D eigenvalue weighted by Gasteiger charge is 2.77. The van der Waals surface area contributed by atoms with Crippen LogP contribution in [0.5, 0.6) is 0 Å². The van der Waals surface area contributed by atoms with Crippen molar-refractivity contribution in [3.05, 3.63) is 0 Å². The Morgan fingerprint density at radius 2 is 0.929 bits per heavy atom. The normalized spacial score (nSPS) is 15.9. The molecule has 0 N–H and O–H groups in total. The Bertz CT molecular complexity index is 190. The van der Waals surface area contributed by atoms with Gasteiger partial charge in [-0.15, -0.1) is 0 Å². The summed E-state index contributed by atoms with van der Waals surface area (Å²) in [5.41, 5.74) is 0. The predicted octanol–water partition coefficient (Wildman–Crippen LogP) is 4.19. The third-order valence-electron chi connectivity index (χ3n) is 1.11. The Labute approximate surface area is 87.9 Å². The van der Waals surface area contributed by atoms with E-state index in [0.717, 1.165) is 0 Å². The molecule has 0 rings (SSSR count). The van der Waals surface area contributed by atoms with Crippen molar-refractivity contribution in [3.8, 4) is 0 Å². The van der Waals surface area contributed by atoms with E-state index in [0.29, 0.717) is 0 Å². The zero-order valence-corrected chi connectivity index (χ0v) is 8.05. The van der Waals surface area contributed by atoms with Crippen LogP contribution in [0, 0.1) is 0 Å². The molecule has 0 fully saturated rings. The van der Waals surface area contributed by atoms with Gasteiger partial charge in [0, 0.05) is 0 Å². The van der Waals surface area contributed by atoms with E-state index < -0.39 is 21.8 Å². The molecular formula is C4Cl3F7. The van der Waals surface area contributed by atoms with Crippen LogP contribution in [-0.2, 0) is 0 Å². The van der Waals surface area contributed by atoms with Crippen LogP contribution in [0.1, 0.15) is 0 Å². The molecule has 0 aromatic carbocycles. The summed E-state index contributed by atoms with van der Waals surface area (Å²) >= 11 is 12.3. The van der Waals surface area contributed by atoms with Crippen molar-refractivity contribution in [2.45, 2.75) is 21.8 Å². The third kappa shape index (κ3) is 2.14. The van der Waals surface area contributed by atoms with Gasteiger partial charge in [-0.3, -0.25) is 0 Å². The number of halogens is 10. The van der Waals surface area contributed by atoms with Crippen molar-refractivity contribution < 1.29 is 30.7 Å². The summed E-state index contributed by atoms with van der Waals surface area (Å²) < 4.78 is 78.5. The zero-order valence-electron chi connectivity index (χ0n) is 5.78. The van der Waals surface area contributed by atoms with Crippen LogP contribution in [0.15, 0.2) is 0 Å². The van der Waals surface area contributed by atoms with Gasteiger partial charge in [0.15, 0.2) is 0 Å². The van der Waals surface area contributed by atoms with Crippen molar-refractivity contribution in [1.82, 2.24) is 0 Å². The Hall–Kier alpha value is 0.380. The quantitative estimate of drug-likeness (QED) is 0.528. The molecule has 0 unspecified atom stereocenters. The minimum Gasteiger partial charge on any atom is -0.192 e. The number of alkyl halides is 10. The number of rotatable bonds is 2. The first-order valence-electron chi connectivity index (χ1n) is 2.64. The van der Waals surface area contributed by atoms with E-state index in [1.54, 1.807) is 0 Å². The summed E-state index contributed by atoms with van der Waals surface area (Å²) in [6, 6.07) is 0. The Morgan fingerprint density at radius 1 is 0.643 bits per heavy atom. The topological polar surface area (TPSA) is 0 Å². The number of hydrogen-bond acceptors (Lipinski definition) is 0. The summed E-state index contributed by atoms with van der Waals surface area (Å²) in [6.45, 7) is 0. The molecule has 0 aliphatic rings. The predicted molar refractivity (Wildman–Crippen MR) is 36.2 cm³/mol. The van der Waals surface area contributed by atoms with E-state index in [-0.39, 0.29) is 0 Å². The van der Waals surface area contributed by atoms with Gasteiger partial charge in [0.1, 0.15) is 0 Å². The molecule has 0 saturated carbocycles. The summed E-state index contributed by atoms with van der Waals surface area (Å²) in [5.74, 6) is -6.03. The molecule has 10 heteroatoms. The van der Waals surface area contributed by atoms with Crippen LogP contribution in [-0.4, -0.2) is 21.8 Å². The minimum atomic E-state index is -6.32. The van der Waals surface area contributed by atoms with Crippen molar-refractivity contribution >= 4 is 34.8 Å². The van der Waals surface area contributed by atoms with Crippen LogP contribution >= 0.6 is 34.8 Å². The van der Waals surface area contributed by atoms with Gasteiger partial charge in [0.25, 0.3) is 4.33 Å². The average Bonchev–Trinajstić information content (AvgIpc) is 1.81. The maximum atomic E-state index is 12.3. The van der Waals surface area contributed by atoms with E-state index in [9.17, 15) is 30.7 Å². The smallest absolute Gasteiger partial charge is 0.192 e. The third-order valence-corrected chi connectivity index (χ3v) is 2.53. The van der Waals surface area contributed by atoms with E-state index in [1.807, 2.05) is 0 Å². The Morgan fingerprint density at radius 3 is 1.00 bits per heavy atom. The van der Waals surface area contributed by atoms with Gasteiger partial charge in [-0.2, -0.15) is 30.7 Å². The fourth-order valence-electron chi connectivity index (χ4n) is 0.356. The SMILES string of the molecule is FC(F)(F)C(F)(F)C(Cl)(Cl)C(F)(F)Cl. The summed E-state index contributed by atoms with van der Waals surface area (Å²) in [7, 11) is 0. The molecule has 0 aliphatic heterocycles. The minimum absolute atomic E-state index is 3.94. The van der Waals surface area contributed by atoms with Crippen molar-refractivity contribution in [3.63, 3.8) is 0 Å². The van der Waals surface area contributed by atoms with Crippen molar-refractivity contribution in [2.24, 2.45) is 0 Å². The molecule has 0 aromatic heterocycles. The first-order chi connectivity index (χ1) is 5.75. The lowest BCUT2D eigenvalue weighted by Gasteiger charge is -2.33. The average molecular weight is 287 g/mol. The molecule has 0 amide bonds. The highest BCUT2D eigenvalue weighted by Crippen LogP contribution is 2.57. The zero-order chi connectivity index (χ0) is 12.0. The van der Waals surface area contributed by atoms with Crippen LogP contribution in [0.4, 0.5) is 30.7 Å². The molecular weight excluding hydrogens is 287 g/mol. The second-order valence-corrected chi connectivity index (χ2v) is 3.95. The van der Waals surface area contributed by atoms with Crippen LogP contribution < -0.4 is 0 Å². The lowest BCUT2D eigenvalue weighted by molar-refractivity contribution is -0.298. The fourth-order valence-corrected chi connectivity index (χ4v) is 0.689. The highest BCUT2D eigenvalue weighted by molar-refractivity contribution is 6.53. The van der Waals surface area contributed by atoms with Gasteiger partial charge in [-0.1, -0.05) is 23.2 Å².